The molecule has 1 aromatic heterocycles. The standard InChI is InChI=1S/C22H22N2O2/c1-15-9-11-16(12-10-15)19-17-7-3-4-8-18(17)21(25)23-20(19)22(26)24-13-5-2-6-14-24/h3-4,7-12H,2,5-6,13-14H2,1H3,(H,23,25). The predicted octanol–water partition coefficient (Wildman–Crippen LogP) is 4.13. The van der Waals surface area contributed by atoms with Gasteiger partial charge in [0.2, 0.25) is 0 Å². The lowest BCUT2D eigenvalue weighted by Gasteiger charge is -2.27. The molecule has 4 nitrogen and oxygen atoms in total. The van der Waals surface area contributed by atoms with Crippen molar-refractivity contribution in [2.45, 2.75) is 26.2 Å². The fraction of sp³-hybridized carbons (Fsp3) is 0.273. The zero-order valence-electron chi connectivity index (χ0n) is 14.9. The van der Waals surface area contributed by atoms with Crippen molar-refractivity contribution in [3.8, 4) is 11.1 Å². The number of amides is 1. The number of nitrogens with one attached hydrogen (secondary N) is 1. The second-order valence-electron chi connectivity index (χ2n) is 6.97. The number of piperidine rings is 1. The number of pyridine rings is 1. The number of aromatic nitrogens is 1. The second kappa shape index (κ2) is 6.79. The quantitative estimate of drug-likeness (QED) is 0.758. The van der Waals surface area contributed by atoms with Gasteiger partial charge in [-0.1, -0.05) is 48.0 Å². The van der Waals surface area contributed by atoms with E-state index in [2.05, 4.69) is 4.98 Å². The van der Waals surface area contributed by atoms with Crippen LogP contribution in [0.1, 0.15) is 35.3 Å². The van der Waals surface area contributed by atoms with Crippen LogP contribution >= 0.6 is 0 Å². The molecule has 1 aliphatic rings. The number of hydrogen-bond acceptors (Lipinski definition) is 2. The first-order valence-electron chi connectivity index (χ1n) is 9.16. The highest BCUT2D eigenvalue weighted by Crippen LogP contribution is 2.31. The highest BCUT2D eigenvalue weighted by Gasteiger charge is 2.24. The van der Waals surface area contributed by atoms with Crippen molar-refractivity contribution in [1.82, 2.24) is 9.88 Å². The number of rotatable bonds is 2. The van der Waals surface area contributed by atoms with E-state index in [-0.39, 0.29) is 11.5 Å². The molecular weight excluding hydrogens is 324 g/mol. The summed E-state index contributed by atoms with van der Waals surface area (Å²) >= 11 is 0. The van der Waals surface area contributed by atoms with Gasteiger partial charge in [0, 0.05) is 24.0 Å². The molecule has 0 spiro atoms. The summed E-state index contributed by atoms with van der Waals surface area (Å²) in [5, 5.41) is 1.43. The Balaban J connectivity index is 1.96. The Kier molecular flexibility index (Phi) is 4.33. The topological polar surface area (TPSA) is 53.2 Å². The molecule has 0 unspecified atom stereocenters. The number of benzene rings is 2. The van der Waals surface area contributed by atoms with Crippen LogP contribution in [0.5, 0.6) is 0 Å². The van der Waals surface area contributed by atoms with E-state index in [0.29, 0.717) is 11.1 Å². The Morgan fingerprint density at radius 3 is 2.27 bits per heavy atom. The van der Waals surface area contributed by atoms with E-state index in [0.717, 1.165) is 54.4 Å². The van der Waals surface area contributed by atoms with Gasteiger partial charge in [0.1, 0.15) is 5.69 Å². The number of aryl methyl sites for hydroxylation is 1. The fourth-order valence-electron chi connectivity index (χ4n) is 3.71. The van der Waals surface area contributed by atoms with Gasteiger partial charge in [0.05, 0.1) is 0 Å². The molecule has 132 valence electrons. The molecule has 26 heavy (non-hydrogen) atoms. The third kappa shape index (κ3) is 2.92. The highest BCUT2D eigenvalue weighted by molar-refractivity contribution is 6.08. The largest absolute Gasteiger partial charge is 0.337 e. The van der Waals surface area contributed by atoms with Crippen molar-refractivity contribution in [1.29, 1.82) is 0 Å². The van der Waals surface area contributed by atoms with Gasteiger partial charge in [0.25, 0.3) is 11.5 Å². The third-order valence-corrected chi connectivity index (χ3v) is 5.13. The number of H-pyrrole nitrogens is 1. The van der Waals surface area contributed by atoms with E-state index in [4.69, 9.17) is 0 Å². The van der Waals surface area contributed by atoms with Crippen molar-refractivity contribution in [3.63, 3.8) is 0 Å². The lowest BCUT2D eigenvalue weighted by molar-refractivity contribution is 0.0719. The van der Waals surface area contributed by atoms with Crippen molar-refractivity contribution < 1.29 is 4.79 Å². The molecule has 3 aromatic rings. The summed E-state index contributed by atoms with van der Waals surface area (Å²) in [6, 6.07) is 15.6. The minimum atomic E-state index is -0.211. The van der Waals surface area contributed by atoms with Crippen LogP contribution in [-0.2, 0) is 0 Å². The monoisotopic (exact) mass is 346 g/mol. The zero-order chi connectivity index (χ0) is 18.1. The van der Waals surface area contributed by atoms with Gasteiger partial charge in [-0.25, -0.2) is 0 Å². The first-order valence-corrected chi connectivity index (χ1v) is 9.16. The Labute approximate surface area is 152 Å². The summed E-state index contributed by atoms with van der Waals surface area (Å²) in [4.78, 5) is 30.6. The van der Waals surface area contributed by atoms with Gasteiger partial charge < -0.3 is 9.88 Å². The van der Waals surface area contributed by atoms with E-state index >= 15 is 0 Å². The maximum absolute atomic E-state index is 13.2. The SMILES string of the molecule is Cc1ccc(-c2c(C(=O)N3CCCCC3)[nH]c(=O)c3ccccc23)cc1. The molecule has 4 heteroatoms. The molecule has 1 saturated heterocycles. The van der Waals surface area contributed by atoms with Crippen molar-refractivity contribution in [2.75, 3.05) is 13.1 Å². The smallest absolute Gasteiger partial charge is 0.271 e. The van der Waals surface area contributed by atoms with Crippen LogP contribution < -0.4 is 5.56 Å². The van der Waals surface area contributed by atoms with Gasteiger partial charge in [0.15, 0.2) is 0 Å². The van der Waals surface area contributed by atoms with Crippen LogP contribution in [-0.4, -0.2) is 28.9 Å². The van der Waals surface area contributed by atoms with Gasteiger partial charge in [-0.2, -0.15) is 0 Å². The third-order valence-electron chi connectivity index (χ3n) is 5.13. The number of hydrogen-bond donors (Lipinski definition) is 1. The average Bonchev–Trinajstić information content (AvgIpc) is 2.69. The summed E-state index contributed by atoms with van der Waals surface area (Å²) < 4.78 is 0. The van der Waals surface area contributed by atoms with E-state index in [1.165, 1.54) is 0 Å². The minimum absolute atomic E-state index is 0.0804. The van der Waals surface area contributed by atoms with Crippen LogP contribution in [0.3, 0.4) is 0 Å². The van der Waals surface area contributed by atoms with Crippen LogP contribution in [0.4, 0.5) is 0 Å². The Morgan fingerprint density at radius 2 is 1.58 bits per heavy atom. The lowest BCUT2D eigenvalue weighted by atomic mass is 9.95. The van der Waals surface area contributed by atoms with Crippen LogP contribution in [0.2, 0.25) is 0 Å². The molecule has 1 fully saturated rings. The van der Waals surface area contributed by atoms with Crippen LogP contribution in [0, 0.1) is 6.92 Å². The first kappa shape index (κ1) is 16.6. The first-order chi connectivity index (χ1) is 12.6. The molecule has 0 aliphatic carbocycles. The molecule has 2 heterocycles. The summed E-state index contributed by atoms with van der Waals surface area (Å²) in [5.41, 5.74) is 3.11. The number of nitrogens with zero attached hydrogens (tertiary/aromatic N) is 1. The molecule has 4 rings (SSSR count). The average molecular weight is 346 g/mol. The molecule has 0 bridgehead atoms. The van der Waals surface area contributed by atoms with Gasteiger partial charge >= 0.3 is 0 Å². The summed E-state index contributed by atoms with van der Waals surface area (Å²) in [6.45, 7) is 3.54. The maximum Gasteiger partial charge on any atom is 0.271 e. The fourth-order valence-corrected chi connectivity index (χ4v) is 3.71. The summed E-state index contributed by atoms with van der Waals surface area (Å²) in [7, 11) is 0. The minimum Gasteiger partial charge on any atom is -0.337 e. The van der Waals surface area contributed by atoms with Crippen molar-refractivity contribution in [2.24, 2.45) is 0 Å². The van der Waals surface area contributed by atoms with Gasteiger partial charge in [-0.3, -0.25) is 9.59 Å². The predicted molar refractivity (Wildman–Crippen MR) is 104 cm³/mol. The number of carbonyl (C=O) groups is 1. The normalized spacial score (nSPS) is 14.6. The molecule has 0 saturated carbocycles. The Bertz CT molecular complexity index is 1010. The van der Waals surface area contributed by atoms with E-state index in [9.17, 15) is 9.59 Å². The van der Waals surface area contributed by atoms with Crippen LogP contribution in [0.25, 0.3) is 21.9 Å². The summed E-state index contributed by atoms with van der Waals surface area (Å²) in [6.07, 6.45) is 3.19. The van der Waals surface area contributed by atoms with Gasteiger partial charge in [-0.15, -0.1) is 0 Å². The molecule has 1 aliphatic heterocycles. The molecule has 1 N–H and O–H groups in total. The van der Waals surface area contributed by atoms with E-state index in [1.807, 2.05) is 54.3 Å². The number of carbonyl (C=O) groups excluding carboxylic acids is 1. The van der Waals surface area contributed by atoms with Crippen molar-refractivity contribution >= 4 is 16.7 Å². The summed E-state index contributed by atoms with van der Waals surface area (Å²) in [5.74, 6) is -0.0804. The molecule has 0 radical (unpaired) electrons. The van der Waals surface area contributed by atoms with E-state index in [1.54, 1.807) is 6.07 Å². The molecule has 2 aromatic carbocycles. The number of fused-ring (bicyclic) bond motifs is 1. The zero-order valence-corrected chi connectivity index (χ0v) is 14.9. The van der Waals surface area contributed by atoms with E-state index < -0.39 is 0 Å². The molecular formula is C22H22N2O2. The lowest BCUT2D eigenvalue weighted by Crippen LogP contribution is -2.37. The Hall–Kier alpha value is -2.88. The Morgan fingerprint density at radius 1 is 0.923 bits per heavy atom. The van der Waals surface area contributed by atoms with Crippen molar-refractivity contribution in [3.05, 3.63) is 70.1 Å². The molecule has 0 atom stereocenters. The molecule has 1 amide bonds. The second-order valence-corrected chi connectivity index (χ2v) is 6.97. The highest BCUT2D eigenvalue weighted by atomic mass is 16.2. The number of likely N-dealkylation sites (tertiary alicyclic amines) is 1. The number of aromatic amines is 1. The van der Waals surface area contributed by atoms with Crippen LogP contribution in [0.15, 0.2) is 53.3 Å². The maximum atomic E-state index is 13.2. The van der Waals surface area contributed by atoms with Gasteiger partial charge in [-0.05, 0) is 43.2 Å².